The summed E-state index contributed by atoms with van der Waals surface area (Å²) in [6, 6.07) is 8.73. The first-order valence-corrected chi connectivity index (χ1v) is 15.2. The van der Waals surface area contributed by atoms with E-state index in [1.54, 1.807) is 4.40 Å². The summed E-state index contributed by atoms with van der Waals surface area (Å²) < 4.78 is 1.62. The van der Waals surface area contributed by atoms with Crippen molar-refractivity contribution in [1.82, 2.24) is 0 Å². The van der Waals surface area contributed by atoms with Gasteiger partial charge in [-0.05, 0) is 0 Å². The second-order valence-electron chi connectivity index (χ2n) is 4.94. The Morgan fingerprint density at radius 2 is 0.875 bits per heavy atom. The van der Waals surface area contributed by atoms with Gasteiger partial charge in [0.25, 0.3) is 0 Å². The molecule has 140 valence electrons. The summed E-state index contributed by atoms with van der Waals surface area (Å²) in [5, 5.41) is 11.9. The molecule has 0 aliphatic rings. The molecule has 0 heterocycles. The Morgan fingerprint density at radius 1 is 0.625 bits per heavy atom. The Morgan fingerprint density at radius 3 is 0.958 bits per heavy atom. The molecule has 0 fully saturated rings. The molecule has 0 saturated carbocycles. The summed E-state index contributed by atoms with van der Waals surface area (Å²) in [7, 11) is 0. The zero-order valence-electron chi connectivity index (χ0n) is 17.5. The Bertz CT molecular complexity index is 247. The van der Waals surface area contributed by atoms with E-state index in [9.17, 15) is 0 Å². The molecule has 24 heavy (non-hydrogen) atoms. The van der Waals surface area contributed by atoms with E-state index in [0.29, 0.717) is 0 Å². The van der Waals surface area contributed by atoms with Gasteiger partial charge >= 0.3 is 80.7 Å². The first-order chi connectivity index (χ1) is 11.0. The summed E-state index contributed by atoms with van der Waals surface area (Å²) in [6.45, 7) is 18.1. The van der Waals surface area contributed by atoms with Crippen molar-refractivity contribution in [1.29, 1.82) is 0 Å². The van der Waals surface area contributed by atoms with Crippen molar-refractivity contribution in [2.45, 2.75) is 53.1 Å². The van der Waals surface area contributed by atoms with Gasteiger partial charge in [0.05, 0.1) is 0 Å². The number of nitrogens with zero attached hydrogens (tertiary/aromatic N) is 3. The third-order valence-electron chi connectivity index (χ3n) is 2.70. The molecule has 0 amide bonds. The summed E-state index contributed by atoms with van der Waals surface area (Å²) in [6.07, 6.45) is 0. The first kappa shape index (κ1) is 32.3. The minimum Gasteiger partial charge on any atom is 4.00 e. The summed E-state index contributed by atoms with van der Waals surface area (Å²) in [4.78, 5) is 0. The molecule has 0 bridgehead atoms. The maximum absolute atomic E-state index is 3.97. The smallest absolute Gasteiger partial charge is 4.00 e. The molecule has 1 rings (SSSR count). The molecular weight excluding hydrogens is 434 g/mol. The van der Waals surface area contributed by atoms with Gasteiger partial charge in [-0.1, -0.05) is 41.5 Å². The molecule has 0 atom stereocenters. The predicted octanol–water partition coefficient (Wildman–Crippen LogP) is 5.30. The molecule has 0 aliphatic carbocycles. The van der Waals surface area contributed by atoms with Gasteiger partial charge in [0.2, 0.25) is 0 Å². The molecule has 0 spiro atoms. The topological polar surface area (TPSA) is 42.3 Å². The summed E-state index contributed by atoms with van der Waals surface area (Å²) >= 11 is -0.888. The van der Waals surface area contributed by atoms with Gasteiger partial charge in [0, 0.05) is 0 Å². The van der Waals surface area contributed by atoms with E-state index >= 15 is 0 Å². The molecule has 1 aromatic carbocycles. The van der Waals surface area contributed by atoms with Crippen LogP contribution in [0, 0.1) is 0 Å². The van der Waals surface area contributed by atoms with Gasteiger partial charge in [-0.25, -0.2) is 0 Å². The van der Waals surface area contributed by atoms with E-state index in [0.717, 1.165) is 39.3 Å². The number of hydrogen-bond acceptors (Lipinski definition) is 0. The van der Waals surface area contributed by atoms with Gasteiger partial charge in [0.15, 0.2) is 0 Å². The van der Waals surface area contributed by atoms with Crippen molar-refractivity contribution in [3.63, 3.8) is 0 Å². The van der Waals surface area contributed by atoms with E-state index in [2.05, 4.69) is 51.7 Å². The van der Waals surface area contributed by atoms with Crippen LogP contribution in [0.4, 0.5) is 0 Å². The zero-order chi connectivity index (χ0) is 18.3. The monoisotopic (exact) mass is 475 g/mol. The van der Waals surface area contributed by atoms with Crippen molar-refractivity contribution < 1.29 is 26.2 Å². The Kier molecular flexibility index (Phi) is 42.3. The van der Waals surface area contributed by atoms with Gasteiger partial charge in [-0.15, -0.1) is 0 Å². The summed E-state index contributed by atoms with van der Waals surface area (Å²) in [5.41, 5.74) is 0. The van der Waals surface area contributed by atoms with Gasteiger partial charge in [-0.3, -0.25) is 0 Å². The predicted molar refractivity (Wildman–Crippen MR) is 114 cm³/mol. The van der Waals surface area contributed by atoms with Crippen LogP contribution in [0.3, 0.4) is 0 Å². The molecule has 0 aliphatic heterocycles. The normalized spacial score (nSPS) is 8.71. The van der Waals surface area contributed by atoms with Crippen molar-refractivity contribution in [3.8, 4) is 0 Å². The minimum absolute atomic E-state index is 0. The average molecular weight is 475 g/mol. The van der Waals surface area contributed by atoms with Crippen LogP contribution in [0.15, 0.2) is 24.3 Å². The average Bonchev–Trinajstić information content (AvgIpc) is 3.06. The summed E-state index contributed by atoms with van der Waals surface area (Å²) in [5.74, 6) is 4.78. The van der Waals surface area contributed by atoms with Crippen LogP contribution in [0.5, 0.6) is 0 Å². The number of rotatable bonds is 7. The molecule has 0 radical (unpaired) electrons. The third-order valence-corrected chi connectivity index (χ3v) is 6.30. The Labute approximate surface area is 176 Å². The first-order valence-electron chi connectivity index (χ1n) is 9.16. The van der Waals surface area contributed by atoms with E-state index in [1.165, 1.54) is 0 Å². The fraction of sp³-hybridized carbons (Fsp3) is 0.737. The van der Waals surface area contributed by atoms with Crippen LogP contribution in [0.2, 0.25) is 11.5 Å². The van der Waals surface area contributed by atoms with Crippen molar-refractivity contribution in [2.75, 3.05) is 39.3 Å². The second-order valence-corrected chi connectivity index (χ2v) is 11.2. The maximum atomic E-state index is 3.97. The van der Waals surface area contributed by atoms with Crippen LogP contribution >= 0.6 is 0 Å². The molecule has 3 nitrogen and oxygen atoms in total. The Hall–Kier alpha value is 0.656. The van der Waals surface area contributed by atoms with Crippen LogP contribution < -0.4 is 4.40 Å². The molecule has 0 aromatic heterocycles. The fourth-order valence-corrected chi connectivity index (χ4v) is 3.53. The molecule has 0 unspecified atom stereocenters. The van der Waals surface area contributed by atoms with Crippen molar-refractivity contribution in [2.24, 2.45) is 0 Å². The maximum Gasteiger partial charge on any atom is 4.00 e. The molecule has 0 N–H and O–H groups in total. The van der Waals surface area contributed by atoms with Crippen LogP contribution in [0.1, 0.15) is 41.5 Å². The Balaban J connectivity index is -0.000000113. The van der Waals surface area contributed by atoms with Crippen LogP contribution in [-0.4, -0.2) is 53.6 Å². The molecular formula is C19H41GeN3Zr. The molecule has 0 saturated heterocycles. The standard InChI is InChI=1S/C7H11Ge.3C4H10N.Zr/c1-8(2)7-5-3-4-6-7;3*1-3-5-4-2;/h3-6,8H,1-2H3;3*3-4H2,1-2H3;/q4*-1;+4. The third kappa shape index (κ3) is 34.1. The zero-order valence-corrected chi connectivity index (χ0v) is 22.4. The SMILES string of the molecule is CC[N-]CC.CC[N-]CC.CC[N-]CC.[CH3][GeH]([CH3])[c-]1cccc1.[Zr+4]. The van der Waals surface area contributed by atoms with E-state index < -0.39 is 14.3 Å². The molecule has 1 aromatic rings. The quantitative estimate of drug-likeness (QED) is 0.380. The largest absolute Gasteiger partial charge is 4.00 e. The van der Waals surface area contributed by atoms with E-state index in [1.807, 2.05) is 41.5 Å². The van der Waals surface area contributed by atoms with Crippen LogP contribution in [0.25, 0.3) is 16.0 Å². The van der Waals surface area contributed by atoms with Gasteiger partial charge in [0.1, 0.15) is 0 Å². The van der Waals surface area contributed by atoms with E-state index in [4.69, 9.17) is 0 Å². The number of hydrogen-bond donors (Lipinski definition) is 0. The fourth-order valence-electron chi connectivity index (χ4n) is 1.44. The van der Waals surface area contributed by atoms with Crippen LogP contribution in [-0.2, 0) is 26.2 Å². The minimum atomic E-state index is -0.888. The van der Waals surface area contributed by atoms with Gasteiger partial charge in [-0.2, -0.15) is 39.3 Å². The van der Waals surface area contributed by atoms with Gasteiger partial charge < -0.3 is 16.0 Å². The second kappa shape index (κ2) is 31.4. The van der Waals surface area contributed by atoms with E-state index in [-0.39, 0.29) is 26.2 Å². The van der Waals surface area contributed by atoms with Crippen molar-refractivity contribution >= 4 is 18.7 Å². The molecule has 5 heteroatoms. The van der Waals surface area contributed by atoms with Crippen molar-refractivity contribution in [3.05, 3.63) is 40.2 Å².